The Kier molecular flexibility index (Phi) is 3.07. The van der Waals surface area contributed by atoms with E-state index < -0.39 is 0 Å². The fourth-order valence-corrected chi connectivity index (χ4v) is 2.12. The Labute approximate surface area is 111 Å². The second-order valence-corrected chi connectivity index (χ2v) is 4.27. The van der Waals surface area contributed by atoms with Gasteiger partial charge in [0, 0.05) is 11.8 Å². The Morgan fingerprint density at radius 1 is 0.737 bits per heavy atom. The van der Waals surface area contributed by atoms with Crippen LogP contribution in [0.25, 0.3) is 22.4 Å². The maximum atomic E-state index is 13.5. The smallest absolute Gasteiger partial charge is 0.123 e. The molecule has 0 atom stereocenters. The maximum absolute atomic E-state index is 13.5. The highest BCUT2D eigenvalue weighted by Crippen LogP contribution is 2.31. The van der Waals surface area contributed by atoms with E-state index in [1.165, 1.54) is 12.1 Å². The first kappa shape index (κ1) is 11.6. The monoisotopic (exact) mass is 249 g/mol. The molecule has 0 amide bonds. The first-order chi connectivity index (χ1) is 9.34. The highest BCUT2D eigenvalue weighted by Gasteiger charge is 2.09. The minimum Gasteiger partial charge on any atom is -0.256 e. The number of aromatic nitrogens is 1. The molecular weight excluding hydrogens is 237 g/mol. The Hall–Kier alpha value is -2.48. The van der Waals surface area contributed by atoms with Gasteiger partial charge >= 0.3 is 0 Å². The second-order valence-electron chi connectivity index (χ2n) is 4.27. The molecule has 2 heteroatoms. The van der Waals surface area contributed by atoms with Crippen LogP contribution in [0, 0.1) is 5.82 Å². The minimum atomic E-state index is -0.250. The maximum Gasteiger partial charge on any atom is 0.123 e. The number of nitrogens with zero attached hydrogens (tertiary/aromatic N) is 1. The van der Waals surface area contributed by atoms with Crippen molar-refractivity contribution in [2.75, 3.05) is 0 Å². The van der Waals surface area contributed by atoms with Crippen molar-refractivity contribution in [1.82, 2.24) is 4.98 Å². The quantitative estimate of drug-likeness (QED) is 0.649. The summed E-state index contributed by atoms with van der Waals surface area (Å²) < 4.78 is 13.5. The van der Waals surface area contributed by atoms with E-state index in [1.54, 1.807) is 12.3 Å². The molecule has 0 aliphatic carbocycles. The molecule has 0 radical (unpaired) electrons. The van der Waals surface area contributed by atoms with E-state index >= 15 is 0 Å². The molecule has 0 aliphatic heterocycles. The zero-order chi connectivity index (χ0) is 13.1. The lowest BCUT2D eigenvalue weighted by Gasteiger charge is -2.09. The molecule has 1 nitrogen and oxygen atoms in total. The Bertz CT molecular complexity index is 678. The van der Waals surface area contributed by atoms with E-state index in [0.717, 1.165) is 22.4 Å². The summed E-state index contributed by atoms with van der Waals surface area (Å²) in [4.78, 5) is 4.31. The van der Waals surface area contributed by atoms with Gasteiger partial charge in [-0.15, -0.1) is 0 Å². The number of pyridine rings is 1. The fraction of sp³-hybridized carbons (Fsp3) is 0. The molecule has 0 aliphatic rings. The standard InChI is InChI=1S/C17H12FN/c18-14-9-10-15(13-6-2-1-3-7-13)16(12-14)17-8-4-5-11-19-17/h1-12H. The average molecular weight is 249 g/mol. The predicted molar refractivity (Wildman–Crippen MR) is 75.1 cm³/mol. The number of hydrogen-bond acceptors (Lipinski definition) is 1. The third-order valence-electron chi connectivity index (χ3n) is 3.01. The molecule has 3 aromatic rings. The summed E-state index contributed by atoms with van der Waals surface area (Å²) in [5, 5.41) is 0. The van der Waals surface area contributed by atoms with Crippen LogP contribution in [0.4, 0.5) is 4.39 Å². The van der Waals surface area contributed by atoms with Crippen LogP contribution in [0.15, 0.2) is 72.9 Å². The van der Waals surface area contributed by atoms with Gasteiger partial charge in [0.05, 0.1) is 5.69 Å². The first-order valence-electron chi connectivity index (χ1n) is 6.11. The van der Waals surface area contributed by atoms with Gasteiger partial charge in [-0.1, -0.05) is 42.5 Å². The zero-order valence-corrected chi connectivity index (χ0v) is 10.3. The summed E-state index contributed by atoms with van der Waals surface area (Å²) in [6.07, 6.45) is 1.72. The van der Waals surface area contributed by atoms with Crippen molar-refractivity contribution < 1.29 is 4.39 Å². The van der Waals surface area contributed by atoms with E-state index in [0.29, 0.717) is 0 Å². The van der Waals surface area contributed by atoms with Crippen LogP contribution in [-0.4, -0.2) is 4.98 Å². The molecule has 0 saturated carbocycles. The van der Waals surface area contributed by atoms with Crippen molar-refractivity contribution >= 4 is 0 Å². The normalized spacial score (nSPS) is 10.4. The van der Waals surface area contributed by atoms with Crippen LogP contribution in [0.2, 0.25) is 0 Å². The molecule has 0 N–H and O–H groups in total. The van der Waals surface area contributed by atoms with Gasteiger partial charge in [-0.25, -0.2) is 4.39 Å². The molecule has 0 saturated heterocycles. The van der Waals surface area contributed by atoms with Gasteiger partial charge in [-0.3, -0.25) is 4.98 Å². The van der Waals surface area contributed by atoms with Gasteiger partial charge in [0.15, 0.2) is 0 Å². The average Bonchev–Trinajstić information content (AvgIpc) is 2.49. The topological polar surface area (TPSA) is 12.9 Å². The summed E-state index contributed by atoms with van der Waals surface area (Å²) in [6, 6.07) is 20.4. The first-order valence-corrected chi connectivity index (χ1v) is 6.11. The number of hydrogen-bond donors (Lipinski definition) is 0. The van der Waals surface area contributed by atoms with E-state index in [4.69, 9.17) is 0 Å². The van der Waals surface area contributed by atoms with Crippen LogP contribution >= 0.6 is 0 Å². The molecule has 0 unspecified atom stereocenters. The van der Waals surface area contributed by atoms with E-state index in [2.05, 4.69) is 4.98 Å². The molecule has 0 spiro atoms. The summed E-state index contributed by atoms with van der Waals surface area (Å²) in [5.41, 5.74) is 3.64. The van der Waals surface area contributed by atoms with Gasteiger partial charge in [0.25, 0.3) is 0 Å². The molecule has 0 fully saturated rings. The lowest BCUT2D eigenvalue weighted by Crippen LogP contribution is -1.89. The Morgan fingerprint density at radius 3 is 2.26 bits per heavy atom. The lowest BCUT2D eigenvalue weighted by molar-refractivity contribution is 0.628. The molecule has 0 bridgehead atoms. The van der Waals surface area contributed by atoms with E-state index in [1.807, 2.05) is 48.5 Å². The summed E-state index contributed by atoms with van der Waals surface area (Å²) in [6.45, 7) is 0. The van der Waals surface area contributed by atoms with Crippen LogP contribution < -0.4 is 0 Å². The lowest BCUT2D eigenvalue weighted by atomic mass is 9.97. The van der Waals surface area contributed by atoms with Crippen LogP contribution in [0.1, 0.15) is 0 Å². The minimum absolute atomic E-state index is 0.250. The SMILES string of the molecule is Fc1ccc(-c2ccccc2)c(-c2ccccn2)c1. The highest BCUT2D eigenvalue weighted by molar-refractivity contribution is 5.81. The summed E-state index contributed by atoms with van der Waals surface area (Å²) in [5.74, 6) is -0.250. The Balaban J connectivity index is 2.21. The van der Waals surface area contributed by atoms with E-state index in [-0.39, 0.29) is 5.82 Å². The highest BCUT2D eigenvalue weighted by atomic mass is 19.1. The van der Waals surface area contributed by atoms with Crippen molar-refractivity contribution in [3.8, 4) is 22.4 Å². The van der Waals surface area contributed by atoms with Crippen LogP contribution in [0.5, 0.6) is 0 Å². The fourth-order valence-electron chi connectivity index (χ4n) is 2.12. The number of benzene rings is 2. The molecule has 1 aromatic heterocycles. The van der Waals surface area contributed by atoms with Crippen molar-refractivity contribution in [1.29, 1.82) is 0 Å². The van der Waals surface area contributed by atoms with Gasteiger partial charge in [-0.05, 0) is 35.4 Å². The number of halogens is 1. The van der Waals surface area contributed by atoms with Gasteiger partial charge in [0.1, 0.15) is 5.82 Å². The zero-order valence-electron chi connectivity index (χ0n) is 10.3. The van der Waals surface area contributed by atoms with Crippen molar-refractivity contribution in [3.05, 3.63) is 78.7 Å². The van der Waals surface area contributed by atoms with Crippen LogP contribution in [-0.2, 0) is 0 Å². The molecule has 1 heterocycles. The molecular formula is C17H12FN. The van der Waals surface area contributed by atoms with Gasteiger partial charge < -0.3 is 0 Å². The summed E-state index contributed by atoms with van der Waals surface area (Å²) >= 11 is 0. The van der Waals surface area contributed by atoms with Crippen molar-refractivity contribution in [3.63, 3.8) is 0 Å². The second kappa shape index (κ2) is 5.02. The molecule has 92 valence electrons. The van der Waals surface area contributed by atoms with Crippen LogP contribution in [0.3, 0.4) is 0 Å². The number of rotatable bonds is 2. The Morgan fingerprint density at radius 2 is 1.53 bits per heavy atom. The van der Waals surface area contributed by atoms with Gasteiger partial charge in [0.2, 0.25) is 0 Å². The molecule has 2 aromatic carbocycles. The summed E-state index contributed by atoms with van der Waals surface area (Å²) in [7, 11) is 0. The molecule has 19 heavy (non-hydrogen) atoms. The van der Waals surface area contributed by atoms with Crippen molar-refractivity contribution in [2.24, 2.45) is 0 Å². The largest absolute Gasteiger partial charge is 0.256 e. The molecule has 3 rings (SSSR count). The third kappa shape index (κ3) is 2.38. The van der Waals surface area contributed by atoms with Crippen molar-refractivity contribution in [2.45, 2.75) is 0 Å². The predicted octanol–water partition coefficient (Wildman–Crippen LogP) is 4.55. The third-order valence-corrected chi connectivity index (χ3v) is 3.01. The van der Waals surface area contributed by atoms with Gasteiger partial charge in [-0.2, -0.15) is 0 Å². The van der Waals surface area contributed by atoms with E-state index in [9.17, 15) is 4.39 Å².